The van der Waals surface area contributed by atoms with Gasteiger partial charge in [-0.3, -0.25) is 9.59 Å². The monoisotopic (exact) mass is 958 g/mol. The van der Waals surface area contributed by atoms with E-state index in [2.05, 4.69) is 43.5 Å². The number of carbonyl (C=O) groups excluding carboxylic acids is 2. The number of carbonyl (C=O) groups is 2. The molecule has 0 rings (SSSR count). The summed E-state index contributed by atoms with van der Waals surface area (Å²) in [6.45, 7) is 4.94. The van der Waals surface area contributed by atoms with Crippen LogP contribution in [0.4, 0.5) is 0 Å². The maximum Gasteiger partial charge on any atom is 0.305 e. The third-order valence-electron chi connectivity index (χ3n) is 14.3. The molecule has 6 heteroatoms. The van der Waals surface area contributed by atoms with Crippen molar-refractivity contribution in [2.24, 2.45) is 0 Å². The summed E-state index contributed by atoms with van der Waals surface area (Å²) in [6, 6.07) is -0.549. The second-order valence-electron chi connectivity index (χ2n) is 21.1. The van der Waals surface area contributed by atoms with Crippen molar-refractivity contribution < 1.29 is 24.5 Å². The molecular formula is C62H119NO5. The predicted molar refractivity (Wildman–Crippen MR) is 296 cm³/mol. The lowest BCUT2D eigenvalue weighted by Gasteiger charge is -2.22. The number of ether oxygens (including phenoxy) is 1. The fourth-order valence-electron chi connectivity index (χ4n) is 9.57. The first kappa shape index (κ1) is 66.3. The number of hydrogen-bond donors (Lipinski definition) is 3. The summed E-state index contributed by atoms with van der Waals surface area (Å²) >= 11 is 0. The molecule has 2 unspecified atom stereocenters. The number of rotatable bonds is 57. The van der Waals surface area contributed by atoms with Gasteiger partial charge in [0.2, 0.25) is 5.91 Å². The molecule has 0 spiro atoms. The highest BCUT2D eigenvalue weighted by Crippen LogP contribution is 2.18. The van der Waals surface area contributed by atoms with Gasteiger partial charge in [0.05, 0.1) is 25.4 Å². The van der Waals surface area contributed by atoms with Gasteiger partial charge in [-0.2, -0.15) is 0 Å². The Bertz CT molecular complexity index is 1060. The average Bonchev–Trinajstić information content (AvgIpc) is 3.34. The van der Waals surface area contributed by atoms with E-state index in [1.54, 1.807) is 0 Å². The van der Waals surface area contributed by atoms with Crippen LogP contribution in [-0.4, -0.2) is 47.4 Å². The Morgan fingerprint density at radius 3 is 1.09 bits per heavy atom. The van der Waals surface area contributed by atoms with Crippen molar-refractivity contribution in [2.45, 2.75) is 347 Å². The average molecular weight is 959 g/mol. The van der Waals surface area contributed by atoms with Gasteiger partial charge in [0.25, 0.3) is 0 Å². The highest BCUT2D eigenvalue weighted by molar-refractivity contribution is 5.76. The molecule has 0 aliphatic heterocycles. The van der Waals surface area contributed by atoms with Gasteiger partial charge < -0.3 is 20.3 Å². The minimum Gasteiger partial charge on any atom is -0.466 e. The van der Waals surface area contributed by atoms with Crippen molar-refractivity contribution in [1.29, 1.82) is 0 Å². The van der Waals surface area contributed by atoms with Crippen molar-refractivity contribution in [3.63, 3.8) is 0 Å². The molecule has 0 bridgehead atoms. The van der Waals surface area contributed by atoms with Gasteiger partial charge in [0, 0.05) is 12.8 Å². The largest absolute Gasteiger partial charge is 0.466 e. The molecule has 2 atom stereocenters. The predicted octanol–water partition coefficient (Wildman–Crippen LogP) is 19.0. The SMILES string of the molecule is CCCCCCCCCCCCCCCCCCC(=O)OCCCCC/C=C\C=C/CCCCCCCCCCCCC(=O)NC(CO)C(O)CCCCCCCCCCCCCCCCCC. The van der Waals surface area contributed by atoms with Crippen LogP contribution < -0.4 is 5.32 Å². The second-order valence-corrected chi connectivity index (χ2v) is 21.1. The lowest BCUT2D eigenvalue weighted by molar-refractivity contribution is -0.143. The second kappa shape index (κ2) is 57.9. The van der Waals surface area contributed by atoms with Gasteiger partial charge >= 0.3 is 5.97 Å². The van der Waals surface area contributed by atoms with Crippen LogP contribution in [0.3, 0.4) is 0 Å². The Kier molecular flexibility index (Phi) is 56.5. The molecule has 0 aromatic rings. The van der Waals surface area contributed by atoms with E-state index >= 15 is 0 Å². The Hall–Kier alpha value is -1.66. The molecular weight excluding hydrogens is 839 g/mol. The molecule has 0 heterocycles. The highest BCUT2D eigenvalue weighted by Gasteiger charge is 2.20. The summed E-state index contributed by atoms with van der Waals surface area (Å²) in [5, 5.41) is 23.3. The van der Waals surface area contributed by atoms with E-state index in [1.165, 1.54) is 231 Å². The van der Waals surface area contributed by atoms with E-state index in [9.17, 15) is 19.8 Å². The molecule has 3 N–H and O–H groups in total. The molecule has 0 saturated heterocycles. The summed E-state index contributed by atoms with van der Waals surface area (Å²) in [6.07, 6.45) is 70.4. The van der Waals surface area contributed by atoms with E-state index in [0.717, 1.165) is 70.6 Å². The third kappa shape index (κ3) is 53.7. The molecule has 0 aliphatic rings. The summed E-state index contributed by atoms with van der Waals surface area (Å²) in [5.74, 6) is -0.0521. The van der Waals surface area contributed by atoms with Crippen LogP contribution in [0.25, 0.3) is 0 Å². The minimum atomic E-state index is -0.671. The number of nitrogens with one attached hydrogen (secondary N) is 1. The Morgan fingerprint density at radius 1 is 0.412 bits per heavy atom. The molecule has 0 fully saturated rings. The fourth-order valence-corrected chi connectivity index (χ4v) is 9.57. The molecule has 402 valence electrons. The zero-order valence-electron chi connectivity index (χ0n) is 45.9. The van der Waals surface area contributed by atoms with Crippen LogP contribution in [0, 0.1) is 0 Å². The maximum atomic E-state index is 12.5. The van der Waals surface area contributed by atoms with Crippen molar-refractivity contribution in [2.75, 3.05) is 13.2 Å². The summed E-state index contributed by atoms with van der Waals surface area (Å²) in [4.78, 5) is 24.5. The molecule has 6 nitrogen and oxygen atoms in total. The first-order valence-electron chi connectivity index (χ1n) is 30.6. The molecule has 68 heavy (non-hydrogen) atoms. The smallest absolute Gasteiger partial charge is 0.305 e. The van der Waals surface area contributed by atoms with Crippen molar-refractivity contribution in [1.82, 2.24) is 5.32 Å². The number of esters is 1. The molecule has 0 aromatic heterocycles. The van der Waals surface area contributed by atoms with E-state index in [4.69, 9.17) is 4.74 Å². The van der Waals surface area contributed by atoms with E-state index in [-0.39, 0.29) is 18.5 Å². The molecule has 0 aromatic carbocycles. The van der Waals surface area contributed by atoms with Crippen LogP contribution in [0.1, 0.15) is 335 Å². The van der Waals surface area contributed by atoms with Gasteiger partial charge in [-0.1, -0.05) is 289 Å². The van der Waals surface area contributed by atoms with Crippen molar-refractivity contribution in [3.05, 3.63) is 24.3 Å². The fraction of sp³-hybridized carbons (Fsp3) is 0.903. The van der Waals surface area contributed by atoms with Crippen molar-refractivity contribution >= 4 is 11.9 Å². The quantitative estimate of drug-likeness (QED) is 0.0321. The Balaban J connectivity index is 3.46. The van der Waals surface area contributed by atoms with Crippen LogP contribution in [0.15, 0.2) is 24.3 Å². The van der Waals surface area contributed by atoms with E-state index in [1.807, 2.05) is 0 Å². The molecule has 0 aliphatic carbocycles. The minimum absolute atomic E-state index is 0.00942. The van der Waals surface area contributed by atoms with E-state index in [0.29, 0.717) is 25.9 Å². The number of hydrogen-bond acceptors (Lipinski definition) is 5. The van der Waals surface area contributed by atoms with E-state index < -0.39 is 12.1 Å². The summed E-state index contributed by atoms with van der Waals surface area (Å²) in [7, 11) is 0. The standard InChI is InChI=1S/C62H119NO5/c1-3-5-7-9-11-13-15-17-19-26-30-34-38-42-46-50-54-60(65)59(58-64)63-61(66)55-51-47-43-39-35-31-27-24-22-21-23-25-29-33-37-41-45-49-53-57-68-62(67)56-52-48-44-40-36-32-28-20-18-16-14-12-10-8-6-4-2/h25,29,33,37,59-60,64-65H,3-24,26-28,30-32,34-36,38-58H2,1-2H3,(H,63,66)/b29-25-,37-33-. The number of allylic oxidation sites excluding steroid dienone is 4. The van der Waals surface area contributed by atoms with Crippen LogP contribution in [-0.2, 0) is 14.3 Å². The van der Waals surface area contributed by atoms with Gasteiger partial charge in [0.15, 0.2) is 0 Å². The lowest BCUT2D eigenvalue weighted by atomic mass is 10.0. The number of aliphatic hydroxyl groups excluding tert-OH is 2. The highest BCUT2D eigenvalue weighted by atomic mass is 16.5. The van der Waals surface area contributed by atoms with Crippen LogP contribution in [0.5, 0.6) is 0 Å². The van der Waals surface area contributed by atoms with Crippen molar-refractivity contribution in [3.8, 4) is 0 Å². The van der Waals surface area contributed by atoms with Crippen LogP contribution >= 0.6 is 0 Å². The van der Waals surface area contributed by atoms with Gasteiger partial charge in [-0.05, 0) is 57.8 Å². The normalized spacial score (nSPS) is 12.7. The zero-order valence-corrected chi connectivity index (χ0v) is 45.9. The first-order chi connectivity index (χ1) is 33.5. The Morgan fingerprint density at radius 2 is 0.721 bits per heavy atom. The molecule has 0 radical (unpaired) electrons. The Labute approximate surface area is 424 Å². The zero-order chi connectivity index (χ0) is 49.3. The molecule has 0 saturated carbocycles. The van der Waals surface area contributed by atoms with Gasteiger partial charge in [-0.15, -0.1) is 0 Å². The topological polar surface area (TPSA) is 95.9 Å². The maximum absolute atomic E-state index is 12.5. The number of aliphatic hydroxyl groups is 2. The third-order valence-corrected chi connectivity index (χ3v) is 14.3. The van der Waals surface area contributed by atoms with Gasteiger partial charge in [0.1, 0.15) is 0 Å². The number of unbranched alkanes of at least 4 members (excludes halogenated alkanes) is 43. The van der Waals surface area contributed by atoms with Gasteiger partial charge in [-0.25, -0.2) is 0 Å². The number of amides is 1. The lowest BCUT2D eigenvalue weighted by Crippen LogP contribution is -2.45. The molecule has 1 amide bonds. The van der Waals surface area contributed by atoms with Crippen LogP contribution in [0.2, 0.25) is 0 Å². The summed E-state index contributed by atoms with van der Waals surface area (Å²) < 4.78 is 5.46. The summed E-state index contributed by atoms with van der Waals surface area (Å²) in [5.41, 5.74) is 0. The first-order valence-corrected chi connectivity index (χ1v) is 30.6.